The van der Waals surface area contributed by atoms with Crippen LogP contribution < -0.4 is 19.5 Å². The lowest BCUT2D eigenvalue weighted by Crippen LogP contribution is -2.01. The van der Waals surface area contributed by atoms with Gasteiger partial charge in [-0.2, -0.15) is 0 Å². The summed E-state index contributed by atoms with van der Waals surface area (Å²) in [7, 11) is 4.57. The van der Waals surface area contributed by atoms with Crippen LogP contribution in [0.3, 0.4) is 0 Å². The molecular formula is C15H18N2O4. The van der Waals surface area contributed by atoms with Gasteiger partial charge in [-0.15, -0.1) is 0 Å². The molecule has 1 aromatic heterocycles. The summed E-state index contributed by atoms with van der Waals surface area (Å²) in [5.41, 5.74) is 1.78. The maximum atomic E-state index is 9.86. The first kappa shape index (κ1) is 14.8. The molecule has 2 rings (SSSR count). The van der Waals surface area contributed by atoms with Gasteiger partial charge in [0.15, 0.2) is 11.5 Å². The molecule has 0 aliphatic carbocycles. The van der Waals surface area contributed by atoms with Gasteiger partial charge in [0, 0.05) is 12.6 Å². The maximum Gasteiger partial charge on any atom is 0.213 e. The summed E-state index contributed by atoms with van der Waals surface area (Å²) in [6, 6.07) is 7.16. The molecule has 0 spiro atoms. The number of hydrogen-bond acceptors (Lipinski definition) is 6. The minimum absolute atomic E-state index is 0.00476. The van der Waals surface area contributed by atoms with Crippen LogP contribution in [0.5, 0.6) is 23.1 Å². The molecule has 0 saturated carbocycles. The van der Waals surface area contributed by atoms with E-state index in [1.54, 1.807) is 31.5 Å². The van der Waals surface area contributed by atoms with Crippen LogP contribution in [-0.2, 0) is 6.54 Å². The highest BCUT2D eigenvalue weighted by atomic mass is 16.5. The van der Waals surface area contributed by atoms with Gasteiger partial charge >= 0.3 is 0 Å². The first-order valence-corrected chi connectivity index (χ1v) is 6.35. The number of hydrogen-bond donors (Lipinski definition) is 2. The van der Waals surface area contributed by atoms with Crippen molar-refractivity contribution in [1.29, 1.82) is 0 Å². The molecule has 1 heterocycles. The summed E-state index contributed by atoms with van der Waals surface area (Å²) in [6.07, 6.45) is 1.69. The Bertz CT molecular complexity index is 574. The second-order valence-electron chi connectivity index (χ2n) is 4.29. The Morgan fingerprint density at radius 3 is 2.19 bits per heavy atom. The number of nitrogens with one attached hydrogen (secondary N) is 1. The first-order valence-electron chi connectivity index (χ1n) is 6.35. The van der Waals surface area contributed by atoms with E-state index in [1.165, 1.54) is 14.2 Å². The van der Waals surface area contributed by atoms with Crippen LogP contribution >= 0.6 is 0 Å². The number of nitrogens with zero attached hydrogens (tertiary/aromatic N) is 1. The molecule has 0 atom stereocenters. The van der Waals surface area contributed by atoms with E-state index in [4.69, 9.17) is 14.2 Å². The number of phenols is 1. The quantitative estimate of drug-likeness (QED) is 0.851. The lowest BCUT2D eigenvalue weighted by Gasteiger charge is -2.12. The number of anilines is 1. The molecule has 6 heteroatoms. The van der Waals surface area contributed by atoms with E-state index in [1.807, 2.05) is 6.07 Å². The van der Waals surface area contributed by atoms with E-state index < -0.39 is 0 Å². The van der Waals surface area contributed by atoms with Crippen molar-refractivity contribution in [1.82, 2.24) is 4.98 Å². The van der Waals surface area contributed by atoms with Gasteiger partial charge in [-0.05, 0) is 23.8 Å². The minimum atomic E-state index is -0.00476. The van der Waals surface area contributed by atoms with Crippen molar-refractivity contribution in [3.8, 4) is 23.1 Å². The fourth-order valence-corrected chi connectivity index (χ4v) is 1.86. The van der Waals surface area contributed by atoms with E-state index >= 15 is 0 Å². The molecule has 0 aliphatic heterocycles. The van der Waals surface area contributed by atoms with Crippen LogP contribution in [0.4, 0.5) is 5.69 Å². The Morgan fingerprint density at radius 2 is 1.71 bits per heavy atom. The maximum absolute atomic E-state index is 9.86. The molecule has 112 valence electrons. The fraction of sp³-hybridized carbons (Fsp3) is 0.267. The van der Waals surface area contributed by atoms with Crippen LogP contribution in [0.2, 0.25) is 0 Å². The topological polar surface area (TPSA) is 72.8 Å². The number of pyridine rings is 1. The van der Waals surface area contributed by atoms with Crippen LogP contribution in [-0.4, -0.2) is 31.4 Å². The van der Waals surface area contributed by atoms with Crippen molar-refractivity contribution in [2.24, 2.45) is 0 Å². The van der Waals surface area contributed by atoms with E-state index in [-0.39, 0.29) is 5.75 Å². The Hall–Kier alpha value is -2.63. The Kier molecular flexibility index (Phi) is 4.71. The summed E-state index contributed by atoms with van der Waals surface area (Å²) in [6.45, 7) is 0.543. The van der Waals surface area contributed by atoms with Crippen molar-refractivity contribution in [2.75, 3.05) is 26.6 Å². The first-order chi connectivity index (χ1) is 10.2. The lowest BCUT2D eigenvalue weighted by atomic mass is 10.1. The third-order valence-corrected chi connectivity index (χ3v) is 2.98. The standard InChI is InChI=1S/C15H18N2O4/c1-19-12-6-10(7-13(20-2)15(12)18)8-16-11-4-5-14(21-3)17-9-11/h4-7,9,16,18H,8H2,1-3H3. The van der Waals surface area contributed by atoms with E-state index in [0.29, 0.717) is 23.9 Å². The van der Waals surface area contributed by atoms with Gasteiger partial charge in [-0.1, -0.05) is 0 Å². The zero-order valence-electron chi connectivity index (χ0n) is 12.2. The molecule has 0 radical (unpaired) electrons. The molecule has 6 nitrogen and oxygen atoms in total. The molecule has 21 heavy (non-hydrogen) atoms. The van der Waals surface area contributed by atoms with Crippen molar-refractivity contribution >= 4 is 5.69 Å². The van der Waals surface area contributed by atoms with E-state index in [0.717, 1.165) is 11.3 Å². The summed E-state index contributed by atoms with van der Waals surface area (Å²) in [5, 5.41) is 13.1. The highest BCUT2D eigenvalue weighted by Gasteiger charge is 2.11. The molecule has 2 aromatic rings. The molecule has 0 unspecified atom stereocenters. The monoisotopic (exact) mass is 290 g/mol. The number of aromatic hydroxyl groups is 1. The van der Waals surface area contributed by atoms with Crippen molar-refractivity contribution in [3.05, 3.63) is 36.0 Å². The average Bonchev–Trinajstić information content (AvgIpc) is 2.54. The number of methoxy groups -OCH3 is 3. The van der Waals surface area contributed by atoms with Crippen molar-refractivity contribution < 1.29 is 19.3 Å². The number of rotatable bonds is 6. The van der Waals surface area contributed by atoms with Gasteiger partial charge in [0.05, 0.1) is 33.2 Å². The molecule has 1 aromatic carbocycles. The third-order valence-electron chi connectivity index (χ3n) is 2.98. The largest absolute Gasteiger partial charge is 0.502 e. The van der Waals surface area contributed by atoms with Crippen molar-refractivity contribution in [2.45, 2.75) is 6.54 Å². The fourth-order valence-electron chi connectivity index (χ4n) is 1.86. The second kappa shape index (κ2) is 6.69. The predicted molar refractivity (Wildman–Crippen MR) is 79.3 cm³/mol. The number of ether oxygens (including phenoxy) is 3. The summed E-state index contributed by atoms with van der Waals surface area (Å²) in [5.74, 6) is 1.31. The molecular weight excluding hydrogens is 272 g/mol. The van der Waals surface area contributed by atoms with E-state index in [2.05, 4.69) is 10.3 Å². The number of aromatic nitrogens is 1. The third kappa shape index (κ3) is 3.47. The molecule has 0 fully saturated rings. The number of benzene rings is 1. The van der Waals surface area contributed by atoms with E-state index in [9.17, 15) is 5.11 Å². The normalized spacial score (nSPS) is 10.0. The minimum Gasteiger partial charge on any atom is -0.502 e. The highest BCUT2D eigenvalue weighted by Crippen LogP contribution is 2.37. The lowest BCUT2D eigenvalue weighted by molar-refractivity contribution is 0.339. The Morgan fingerprint density at radius 1 is 1.05 bits per heavy atom. The molecule has 0 amide bonds. The van der Waals surface area contributed by atoms with Gasteiger partial charge < -0.3 is 24.6 Å². The highest BCUT2D eigenvalue weighted by molar-refractivity contribution is 5.53. The molecule has 0 aliphatic rings. The van der Waals surface area contributed by atoms with Gasteiger partial charge in [0.2, 0.25) is 11.6 Å². The van der Waals surface area contributed by atoms with Gasteiger partial charge in [0.25, 0.3) is 0 Å². The summed E-state index contributed by atoms with van der Waals surface area (Å²) >= 11 is 0. The van der Waals surface area contributed by atoms with Gasteiger partial charge in [0.1, 0.15) is 0 Å². The SMILES string of the molecule is COc1ccc(NCc2cc(OC)c(O)c(OC)c2)cn1. The average molecular weight is 290 g/mol. The van der Waals surface area contributed by atoms with Gasteiger partial charge in [-0.3, -0.25) is 0 Å². The molecule has 2 N–H and O–H groups in total. The van der Waals surface area contributed by atoms with Crippen LogP contribution in [0.1, 0.15) is 5.56 Å². The molecule has 0 bridgehead atoms. The van der Waals surface area contributed by atoms with Crippen LogP contribution in [0, 0.1) is 0 Å². The van der Waals surface area contributed by atoms with Crippen LogP contribution in [0.15, 0.2) is 30.5 Å². The zero-order chi connectivity index (χ0) is 15.2. The Balaban J connectivity index is 2.11. The van der Waals surface area contributed by atoms with Crippen LogP contribution in [0.25, 0.3) is 0 Å². The summed E-state index contributed by atoms with van der Waals surface area (Å²) in [4.78, 5) is 4.12. The second-order valence-corrected chi connectivity index (χ2v) is 4.29. The van der Waals surface area contributed by atoms with Gasteiger partial charge in [-0.25, -0.2) is 4.98 Å². The number of phenolic OH excluding ortho intramolecular Hbond substituents is 1. The predicted octanol–water partition coefficient (Wildman–Crippen LogP) is 2.43. The summed E-state index contributed by atoms with van der Waals surface area (Å²) < 4.78 is 15.3. The molecule has 0 saturated heterocycles. The smallest absolute Gasteiger partial charge is 0.213 e. The zero-order valence-corrected chi connectivity index (χ0v) is 12.2. The Labute approximate surface area is 123 Å². The van der Waals surface area contributed by atoms with Crippen molar-refractivity contribution in [3.63, 3.8) is 0 Å².